The molecule has 0 aliphatic carbocycles. The molecule has 0 unspecified atom stereocenters. The maximum absolute atomic E-state index is 14.8. The Hall–Kier alpha value is -3.82. The van der Waals surface area contributed by atoms with Gasteiger partial charge in [0.2, 0.25) is 0 Å². The summed E-state index contributed by atoms with van der Waals surface area (Å²) in [5.41, 5.74) is 0.393. The van der Waals surface area contributed by atoms with E-state index in [4.69, 9.17) is 14.3 Å². The lowest BCUT2D eigenvalue weighted by Crippen LogP contribution is -2.51. The van der Waals surface area contributed by atoms with E-state index in [1.54, 1.807) is 71.1 Å². The van der Waals surface area contributed by atoms with Gasteiger partial charge in [-0.25, -0.2) is 14.2 Å². The monoisotopic (exact) mass is 563 g/mol. The Morgan fingerprint density at radius 2 is 1.71 bits per heavy atom. The van der Waals surface area contributed by atoms with Gasteiger partial charge in [0.05, 0.1) is 37.1 Å². The van der Waals surface area contributed by atoms with Gasteiger partial charge in [0.15, 0.2) is 0 Å². The molecule has 0 saturated carbocycles. The molecule has 41 heavy (non-hydrogen) atoms. The van der Waals surface area contributed by atoms with Crippen molar-refractivity contribution in [3.8, 4) is 0 Å². The van der Waals surface area contributed by atoms with Crippen LogP contribution in [0.1, 0.15) is 61.8 Å². The van der Waals surface area contributed by atoms with Crippen LogP contribution in [0.25, 0.3) is 0 Å². The van der Waals surface area contributed by atoms with Crippen LogP contribution in [0.3, 0.4) is 0 Å². The summed E-state index contributed by atoms with van der Waals surface area (Å²) in [6.45, 7) is 9.19. The number of carbonyl (C=O) groups is 2. The van der Waals surface area contributed by atoms with Crippen LogP contribution in [-0.2, 0) is 33.7 Å². The van der Waals surface area contributed by atoms with Gasteiger partial charge in [-0.15, -0.1) is 0 Å². The van der Waals surface area contributed by atoms with Gasteiger partial charge < -0.3 is 9.47 Å². The predicted octanol–water partition coefficient (Wildman–Crippen LogP) is 5.95. The molecule has 2 atom stereocenters. The molecule has 3 aromatic rings. The average Bonchev–Trinajstić information content (AvgIpc) is 3.16. The minimum Gasteiger partial charge on any atom is -0.444 e. The molecular formula is C32H38FN3O5. The van der Waals surface area contributed by atoms with E-state index >= 15 is 0 Å². The first-order valence-corrected chi connectivity index (χ1v) is 13.7. The molecular weight excluding hydrogens is 525 g/mol. The van der Waals surface area contributed by atoms with Crippen LogP contribution >= 0.6 is 0 Å². The third-order valence-corrected chi connectivity index (χ3v) is 6.89. The highest BCUT2D eigenvalue weighted by atomic mass is 19.1. The van der Waals surface area contributed by atoms with Crippen LogP contribution in [0.2, 0.25) is 0 Å². The topological polar surface area (TPSA) is 81.2 Å². The van der Waals surface area contributed by atoms with Crippen molar-refractivity contribution in [2.45, 2.75) is 77.5 Å². The number of carbonyl (C=O) groups excluding carboxylic acids is 2. The zero-order valence-corrected chi connectivity index (χ0v) is 24.5. The first-order valence-electron chi connectivity index (χ1n) is 13.7. The zero-order valence-electron chi connectivity index (χ0n) is 24.5. The van der Waals surface area contributed by atoms with Crippen molar-refractivity contribution in [3.05, 3.63) is 101 Å². The molecule has 4 rings (SSSR count). The van der Waals surface area contributed by atoms with E-state index < -0.39 is 29.6 Å². The summed E-state index contributed by atoms with van der Waals surface area (Å²) in [7, 11) is 1.45. The quantitative estimate of drug-likeness (QED) is 0.315. The van der Waals surface area contributed by atoms with Gasteiger partial charge in [0, 0.05) is 12.6 Å². The Morgan fingerprint density at radius 1 is 1.02 bits per heavy atom. The summed E-state index contributed by atoms with van der Waals surface area (Å²) in [5.74, 6) is -0.725. The van der Waals surface area contributed by atoms with E-state index in [1.807, 2.05) is 30.3 Å². The first kappa shape index (κ1) is 30.1. The fourth-order valence-corrected chi connectivity index (χ4v) is 5.12. The van der Waals surface area contributed by atoms with E-state index in [1.165, 1.54) is 23.1 Å². The number of halogens is 1. The minimum atomic E-state index is -1.06. The Morgan fingerprint density at radius 3 is 2.37 bits per heavy atom. The summed E-state index contributed by atoms with van der Waals surface area (Å²) in [6.07, 6.45) is 0.833. The van der Waals surface area contributed by atoms with Crippen LogP contribution in [0.4, 0.5) is 9.18 Å². The number of nitrogens with zero attached hydrogens (tertiary/aromatic N) is 3. The summed E-state index contributed by atoms with van der Waals surface area (Å²) < 4.78 is 27.0. The van der Waals surface area contributed by atoms with Crippen molar-refractivity contribution < 1.29 is 28.3 Å². The molecule has 0 bridgehead atoms. The summed E-state index contributed by atoms with van der Waals surface area (Å²) in [4.78, 5) is 38.6. The highest BCUT2D eigenvalue weighted by molar-refractivity contribution is 5.94. The molecule has 2 heterocycles. The number of hydrogen-bond donors (Lipinski definition) is 0. The molecule has 2 amide bonds. The molecule has 2 aromatic carbocycles. The van der Waals surface area contributed by atoms with Crippen molar-refractivity contribution in [2.24, 2.45) is 0 Å². The Labute approximate surface area is 241 Å². The lowest BCUT2D eigenvalue weighted by atomic mass is 9.95. The molecule has 0 radical (unpaired) electrons. The smallest absolute Gasteiger partial charge is 0.412 e. The number of aromatic nitrogens is 1. The molecule has 218 valence electrons. The van der Waals surface area contributed by atoms with E-state index in [2.05, 4.69) is 4.98 Å². The maximum Gasteiger partial charge on any atom is 0.412 e. The number of hydrogen-bond acceptors (Lipinski definition) is 6. The Bertz CT molecular complexity index is 1360. The summed E-state index contributed by atoms with van der Waals surface area (Å²) >= 11 is 0. The van der Waals surface area contributed by atoms with E-state index in [9.17, 15) is 14.0 Å². The van der Waals surface area contributed by atoms with Crippen molar-refractivity contribution in [2.75, 3.05) is 7.11 Å². The second kappa shape index (κ2) is 12.4. The Balaban J connectivity index is 1.66. The third-order valence-electron chi connectivity index (χ3n) is 6.89. The zero-order chi connectivity index (χ0) is 29.8. The van der Waals surface area contributed by atoms with Crippen LogP contribution in [0, 0.1) is 5.82 Å². The first-order chi connectivity index (χ1) is 19.4. The largest absolute Gasteiger partial charge is 0.444 e. The fourth-order valence-electron chi connectivity index (χ4n) is 5.12. The number of pyridine rings is 1. The van der Waals surface area contributed by atoms with E-state index in [0.717, 1.165) is 5.56 Å². The third kappa shape index (κ3) is 7.28. The van der Waals surface area contributed by atoms with Crippen LogP contribution in [0.15, 0.2) is 72.9 Å². The maximum atomic E-state index is 14.8. The highest BCUT2D eigenvalue weighted by Crippen LogP contribution is 2.37. The number of amides is 2. The molecule has 1 saturated heterocycles. The van der Waals surface area contributed by atoms with Crippen molar-refractivity contribution in [1.82, 2.24) is 14.9 Å². The fraction of sp³-hybridized carbons (Fsp3) is 0.406. The molecule has 1 fully saturated rings. The van der Waals surface area contributed by atoms with Gasteiger partial charge in [0.25, 0.3) is 5.91 Å². The molecule has 0 N–H and O–H groups in total. The standard InChI is InChI=1S/C32H38FN3O5/c1-31(2,3)41-30(38)36-27(19-23-15-10-11-17-25(23)33)28(40-32(36,4)5)20-26-24(16-12-18-34-26)29(37)35(39-6)21-22-13-8-7-9-14-22/h7-18,27-28H,19-21H2,1-6H3/t27-,28+/m1/s1. The van der Waals surface area contributed by atoms with Crippen LogP contribution < -0.4 is 0 Å². The molecule has 9 heteroatoms. The number of benzene rings is 2. The normalized spacial score (nSPS) is 18.3. The average molecular weight is 564 g/mol. The molecule has 1 aliphatic rings. The van der Waals surface area contributed by atoms with Crippen LogP contribution in [0.5, 0.6) is 0 Å². The Kier molecular flexibility index (Phi) is 9.09. The number of hydroxylamine groups is 2. The molecule has 1 aromatic heterocycles. The minimum absolute atomic E-state index is 0.189. The lowest BCUT2D eigenvalue weighted by Gasteiger charge is -2.35. The molecule has 1 aliphatic heterocycles. The van der Waals surface area contributed by atoms with Crippen LogP contribution in [-0.4, -0.2) is 57.5 Å². The summed E-state index contributed by atoms with van der Waals surface area (Å²) in [6, 6.07) is 18.8. The van der Waals surface area contributed by atoms with Gasteiger partial charge in [-0.3, -0.25) is 19.5 Å². The van der Waals surface area contributed by atoms with E-state index in [0.29, 0.717) is 16.8 Å². The predicted molar refractivity (Wildman–Crippen MR) is 152 cm³/mol. The summed E-state index contributed by atoms with van der Waals surface area (Å²) in [5, 5.41) is 1.28. The van der Waals surface area contributed by atoms with Crippen molar-refractivity contribution in [3.63, 3.8) is 0 Å². The van der Waals surface area contributed by atoms with Gasteiger partial charge >= 0.3 is 6.09 Å². The second-order valence-corrected chi connectivity index (χ2v) is 11.5. The highest BCUT2D eigenvalue weighted by Gasteiger charge is 2.51. The molecule has 8 nitrogen and oxygen atoms in total. The second-order valence-electron chi connectivity index (χ2n) is 11.5. The van der Waals surface area contributed by atoms with Crippen molar-refractivity contribution >= 4 is 12.0 Å². The van der Waals surface area contributed by atoms with Crippen molar-refractivity contribution in [1.29, 1.82) is 0 Å². The number of ether oxygens (including phenoxy) is 2. The van der Waals surface area contributed by atoms with Gasteiger partial charge in [-0.05, 0) is 70.4 Å². The van der Waals surface area contributed by atoms with Gasteiger partial charge in [-0.1, -0.05) is 48.5 Å². The van der Waals surface area contributed by atoms with E-state index in [-0.39, 0.29) is 31.1 Å². The SMILES string of the molecule is CON(Cc1ccccc1)C(=O)c1cccnc1C[C@@H]1OC(C)(C)N(C(=O)OC(C)(C)C)[C@@H]1Cc1ccccc1F. The lowest BCUT2D eigenvalue weighted by molar-refractivity contribution is -0.102. The van der Waals surface area contributed by atoms with Gasteiger partial charge in [0.1, 0.15) is 17.1 Å². The van der Waals surface area contributed by atoms with Gasteiger partial charge in [-0.2, -0.15) is 0 Å². The molecule has 0 spiro atoms. The number of rotatable bonds is 8.